The summed E-state index contributed by atoms with van der Waals surface area (Å²) in [5, 5.41) is 12.6. The van der Waals surface area contributed by atoms with Crippen molar-refractivity contribution >= 4 is 35.3 Å². The molecule has 3 amide bonds. The summed E-state index contributed by atoms with van der Waals surface area (Å²) in [5.74, 6) is -1.61. The molecule has 1 N–H and O–H groups in total. The first-order chi connectivity index (χ1) is 30.4. The van der Waals surface area contributed by atoms with Gasteiger partial charge in [-0.25, -0.2) is 19.0 Å². The van der Waals surface area contributed by atoms with E-state index in [1.54, 1.807) is 47.6 Å². The zero-order chi connectivity index (χ0) is 45.7. The van der Waals surface area contributed by atoms with E-state index in [1.807, 2.05) is 24.3 Å². The van der Waals surface area contributed by atoms with Crippen molar-refractivity contribution in [2.24, 2.45) is 0 Å². The van der Waals surface area contributed by atoms with Crippen molar-refractivity contribution in [3.8, 4) is 17.2 Å². The van der Waals surface area contributed by atoms with Crippen LogP contribution in [0.3, 0.4) is 0 Å². The van der Waals surface area contributed by atoms with Crippen LogP contribution in [0.1, 0.15) is 61.1 Å². The van der Waals surface area contributed by atoms with E-state index in [4.69, 9.17) is 9.47 Å². The fourth-order valence-electron chi connectivity index (χ4n) is 9.46. The number of para-hydroxylation sites is 1. The van der Waals surface area contributed by atoms with Gasteiger partial charge in [0.25, 0.3) is 0 Å². The van der Waals surface area contributed by atoms with Crippen LogP contribution in [0.25, 0.3) is 11.1 Å². The van der Waals surface area contributed by atoms with E-state index in [0.29, 0.717) is 19.6 Å². The van der Waals surface area contributed by atoms with Crippen molar-refractivity contribution in [3.63, 3.8) is 0 Å². The van der Waals surface area contributed by atoms with Gasteiger partial charge in [0.2, 0.25) is 5.91 Å². The largest absolute Gasteiger partial charge is 0.448 e. The Hall–Kier alpha value is -6.41. The number of amides is 3. The van der Waals surface area contributed by atoms with Crippen LogP contribution in [0.4, 0.5) is 44.3 Å². The Labute approximate surface area is 369 Å². The number of hydrogen-bond donors (Lipinski definition) is 1. The summed E-state index contributed by atoms with van der Waals surface area (Å²) >= 11 is 0. The van der Waals surface area contributed by atoms with Gasteiger partial charge in [0.15, 0.2) is 0 Å². The molecule has 4 heterocycles. The number of piperazine rings is 1. The molecule has 1 aliphatic carbocycles. The lowest BCUT2D eigenvalue weighted by Crippen LogP contribution is -2.78. The normalized spacial score (nSPS) is 18.6. The summed E-state index contributed by atoms with van der Waals surface area (Å²) in [6.07, 6.45) is -5.78. The van der Waals surface area contributed by atoms with E-state index < -0.39 is 58.4 Å². The maximum Gasteiger partial charge on any atom is 0.417 e. The Morgan fingerprint density at radius 1 is 0.922 bits per heavy atom. The molecule has 8 rings (SSSR count). The van der Waals surface area contributed by atoms with Gasteiger partial charge in [-0.05, 0) is 74.6 Å². The molecular weight excluding hydrogens is 833 g/mol. The SMILES string of the molecule is Cc1cc(C(F)(F)F)c(C#N)c(N[C@H]2CCN(CCN3CCN(C(=O)OCC4c5ccccc5-c5ccccc54)C4(C3)CN(C(=O)OC(C)(C)C)C4)c3c(F)cccc3N(C)C2=O)n1. The van der Waals surface area contributed by atoms with Crippen LogP contribution in [-0.4, -0.2) is 121 Å². The van der Waals surface area contributed by atoms with E-state index in [1.165, 1.54) is 31.0 Å². The predicted octanol–water partition coefficient (Wildman–Crippen LogP) is 7.63. The average molecular weight is 883 g/mol. The molecule has 1 aromatic heterocycles. The van der Waals surface area contributed by atoms with Gasteiger partial charge in [-0.1, -0.05) is 54.6 Å². The number of fused-ring (bicyclic) bond motifs is 4. The molecule has 336 valence electrons. The number of nitrogens with zero attached hydrogens (tertiary/aromatic N) is 7. The van der Waals surface area contributed by atoms with Crippen LogP contribution < -0.4 is 15.1 Å². The van der Waals surface area contributed by atoms with E-state index in [9.17, 15) is 32.8 Å². The minimum Gasteiger partial charge on any atom is -0.448 e. The topological polar surface area (TPSA) is 135 Å². The molecule has 4 aliphatic rings. The Balaban J connectivity index is 1.01. The highest BCUT2D eigenvalue weighted by Crippen LogP contribution is 2.45. The quantitative estimate of drug-likeness (QED) is 0.185. The van der Waals surface area contributed by atoms with Crippen molar-refractivity contribution in [2.75, 3.05) is 81.1 Å². The van der Waals surface area contributed by atoms with Gasteiger partial charge >= 0.3 is 18.4 Å². The second kappa shape index (κ2) is 16.9. The first-order valence-electron chi connectivity index (χ1n) is 21.3. The molecule has 64 heavy (non-hydrogen) atoms. The number of hydrogen-bond acceptors (Lipinski definition) is 10. The second-order valence-corrected chi connectivity index (χ2v) is 17.9. The number of aryl methyl sites for hydroxylation is 1. The van der Waals surface area contributed by atoms with Gasteiger partial charge in [0, 0.05) is 57.9 Å². The number of anilines is 3. The smallest absolute Gasteiger partial charge is 0.417 e. The number of benzene rings is 3. The van der Waals surface area contributed by atoms with Gasteiger partial charge in [-0.3, -0.25) is 14.6 Å². The van der Waals surface area contributed by atoms with E-state index >= 15 is 4.39 Å². The number of ether oxygens (including phenoxy) is 2. The third kappa shape index (κ3) is 8.50. The van der Waals surface area contributed by atoms with Gasteiger partial charge in [0.1, 0.15) is 41.5 Å². The minimum absolute atomic E-state index is 0.00619. The summed E-state index contributed by atoms with van der Waals surface area (Å²) in [5.41, 5.74) is 1.42. The summed E-state index contributed by atoms with van der Waals surface area (Å²) in [4.78, 5) is 54.0. The summed E-state index contributed by atoms with van der Waals surface area (Å²) in [6.45, 7) is 9.15. The van der Waals surface area contributed by atoms with Crippen LogP contribution in [0.5, 0.6) is 0 Å². The maximum atomic E-state index is 15.9. The number of carbonyl (C=O) groups excluding carboxylic acids is 3. The molecule has 2 saturated heterocycles. The number of pyridine rings is 1. The Morgan fingerprint density at radius 3 is 2.23 bits per heavy atom. The van der Waals surface area contributed by atoms with Crippen LogP contribution in [0, 0.1) is 24.1 Å². The van der Waals surface area contributed by atoms with Gasteiger partial charge in [-0.15, -0.1) is 0 Å². The lowest BCUT2D eigenvalue weighted by Gasteiger charge is -2.59. The standard InChI is InChI=1S/C47H50F4N8O5/c1-29-23-36(47(49,50)51)34(24-52)41(53-29)54-38-17-18-57(40-37(48)15-10-16-39(40)55(5)42(38)60)21-19-56-20-22-59(46(26-56)27-58(28-46)43(61)64-45(2,3)4)44(62)63-25-35-32-13-8-6-11-30(32)31-12-7-9-14-33(31)35/h6-16,23,35,38H,17-22,25-28H2,1-5H3,(H,53,54)/t38-/m0/s1. The van der Waals surface area contributed by atoms with Crippen molar-refractivity contribution in [1.82, 2.24) is 19.7 Å². The number of aromatic nitrogens is 1. The van der Waals surface area contributed by atoms with E-state index in [-0.39, 0.29) is 74.6 Å². The number of alkyl halides is 3. The Morgan fingerprint density at radius 2 is 1.59 bits per heavy atom. The van der Waals surface area contributed by atoms with E-state index in [0.717, 1.165) is 28.3 Å². The number of halogens is 4. The highest BCUT2D eigenvalue weighted by atomic mass is 19.4. The number of likely N-dealkylation sites (N-methyl/N-ethyl adjacent to an activating group) is 1. The molecule has 1 spiro atoms. The fourth-order valence-corrected chi connectivity index (χ4v) is 9.46. The van der Waals surface area contributed by atoms with Crippen LogP contribution >= 0.6 is 0 Å². The lowest BCUT2D eigenvalue weighted by molar-refractivity contribution is -0.137. The Bertz CT molecular complexity index is 2470. The number of likely N-dealkylation sites (tertiary alicyclic amines) is 1. The van der Waals surface area contributed by atoms with Gasteiger partial charge in [0.05, 0.1) is 35.6 Å². The number of carbonyl (C=O) groups is 3. The van der Waals surface area contributed by atoms with Crippen molar-refractivity contribution in [2.45, 2.75) is 63.4 Å². The molecule has 0 bridgehead atoms. The third-order valence-electron chi connectivity index (χ3n) is 12.4. The zero-order valence-electron chi connectivity index (χ0n) is 36.3. The molecule has 17 heteroatoms. The molecule has 3 aromatic carbocycles. The molecule has 0 radical (unpaired) electrons. The van der Waals surface area contributed by atoms with Crippen LogP contribution in [0.15, 0.2) is 72.8 Å². The summed E-state index contributed by atoms with van der Waals surface area (Å²) < 4.78 is 69.6. The predicted molar refractivity (Wildman–Crippen MR) is 231 cm³/mol. The second-order valence-electron chi connectivity index (χ2n) is 17.9. The molecule has 2 fully saturated rings. The highest BCUT2D eigenvalue weighted by molar-refractivity contribution is 6.01. The minimum atomic E-state index is -4.84. The van der Waals surface area contributed by atoms with E-state index in [2.05, 4.69) is 39.5 Å². The van der Waals surface area contributed by atoms with Crippen molar-refractivity contribution in [1.29, 1.82) is 5.26 Å². The first kappa shape index (κ1) is 44.2. The molecule has 0 unspecified atom stereocenters. The average Bonchev–Trinajstić information content (AvgIpc) is 3.55. The first-order valence-corrected chi connectivity index (χ1v) is 21.3. The summed E-state index contributed by atoms with van der Waals surface area (Å²) in [6, 6.07) is 21.8. The summed E-state index contributed by atoms with van der Waals surface area (Å²) in [7, 11) is 1.47. The third-order valence-corrected chi connectivity index (χ3v) is 12.4. The van der Waals surface area contributed by atoms with Gasteiger partial charge in [-0.2, -0.15) is 18.4 Å². The zero-order valence-corrected chi connectivity index (χ0v) is 36.3. The van der Waals surface area contributed by atoms with Gasteiger partial charge < -0.3 is 29.5 Å². The maximum absolute atomic E-state index is 15.9. The molecule has 13 nitrogen and oxygen atoms in total. The monoisotopic (exact) mass is 882 g/mol. The molecule has 4 aromatic rings. The van der Waals surface area contributed by atoms with Crippen molar-refractivity contribution in [3.05, 3.63) is 107 Å². The van der Waals surface area contributed by atoms with Crippen LogP contribution in [0.2, 0.25) is 0 Å². The molecule has 1 atom stereocenters. The Kier molecular flexibility index (Phi) is 11.7. The highest BCUT2D eigenvalue weighted by Gasteiger charge is 2.55. The number of rotatable bonds is 7. The lowest BCUT2D eigenvalue weighted by atomic mass is 9.85. The molecule has 0 saturated carbocycles. The number of nitrogens with one attached hydrogen (secondary N) is 1. The number of nitriles is 1. The van der Waals surface area contributed by atoms with Crippen LogP contribution in [-0.2, 0) is 20.4 Å². The molecule has 3 aliphatic heterocycles. The van der Waals surface area contributed by atoms with Crippen molar-refractivity contribution < 1.29 is 41.4 Å². The fraction of sp³-hybridized carbons (Fsp3) is 0.426. The molecular formula is C47H50F4N8O5.